The molecule has 0 fully saturated rings. The average Bonchev–Trinajstić information content (AvgIpc) is 2.73. The van der Waals surface area contributed by atoms with Crippen LogP contribution in [0.5, 0.6) is 5.75 Å². The lowest BCUT2D eigenvalue weighted by atomic mass is 10.2. The van der Waals surface area contributed by atoms with Gasteiger partial charge in [0.25, 0.3) is 5.91 Å². The second kappa shape index (κ2) is 6.70. The summed E-state index contributed by atoms with van der Waals surface area (Å²) in [5.41, 5.74) is 0. The zero-order chi connectivity index (χ0) is 16.2. The number of thiophene rings is 1. The maximum absolute atomic E-state index is 12.2. The van der Waals surface area contributed by atoms with Crippen LogP contribution in [0, 0.1) is 0 Å². The van der Waals surface area contributed by atoms with Crippen LogP contribution in [0.25, 0.3) is 0 Å². The van der Waals surface area contributed by atoms with Crippen molar-refractivity contribution >= 4 is 23.2 Å². The molecule has 118 valence electrons. The minimum atomic E-state index is -4.81. The van der Waals surface area contributed by atoms with Gasteiger partial charge in [-0.05, 0) is 11.4 Å². The van der Waals surface area contributed by atoms with Gasteiger partial charge in [-0.15, -0.1) is 11.3 Å². The van der Waals surface area contributed by atoms with Crippen LogP contribution < -0.4 is 10.1 Å². The maximum Gasteiger partial charge on any atom is 0.391 e. The summed E-state index contributed by atoms with van der Waals surface area (Å²) < 4.78 is 64.6. The van der Waals surface area contributed by atoms with Crippen molar-refractivity contribution < 1.29 is 41.4 Å². The number of nitrogens with one attached hydrogen (secondary N) is 1. The molecule has 21 heavy (non-hydrogen) atoms. The Bertz CT molecular complexity index is 516. The largest absolute Gasteiger partial charge is 0.480 e. The van der Waals surface area contributed by atoms with E-state index in [0.29, 0.717) is 11.3 Å². The van der Waals surface area contributed by atoms with Crippen LogP contribution in [0.1, 0.15) is 16.1 Å². The summed E-state index contributed by atoms with van der Waals surface area (Å²) in [7, 11) is 0. The second-order valence-corrected chi connectivity index (χ2v) is 4.59. The zero-order valence-electron chi connectivity index (χ0n) is 9.99. The summed E-state index contributed by atoms with van der Waals surface area (Å²) in [5, 5.41) is 11.5. The average molecular weight is 333 g/mol. The van der Waals surface area contributed by atoms with Gasteiger partial charge in [0, 0.05) is 0 Å². The summed E-state index contributed by atoms with van der Waals surface area (Å²) in [6.07, 6.45) is -6.60. The fourth-order valence-corrected chi connectivity index (χ4v) is 2.03. The number of amides is 1. The van der Waals surface area contributed by atoms with Crippen molar-refractivity contribution in [3.05, 3.63) is 16.3 Å². The highest BCUT2D eigenvalue weighted by Crippen LogP contribution is 2.27. The number of hydrogen-bond acceptors (Lipinski definition) is 4. The molecule has 0 aliphatic carbocycles. The number of rotatable bonds is 6. The first-order chi connectivity index (χ1) is 9.60. The van der Waals surface area contributed by atoms with Crippen molar-refractivity contribution in [3.8, 4) is 5.75 Å². The smallest absolute Gasteiger partial charge is 0.391 e. The van der Waals surface area contributed by atoms with Gasteiger partial charge in [0.15, 0.2) is 0 Å². The zero-order valence-corrected chi connectivity index (χ0v) is 10.8. The summed E-state index contributed by atoms with van der Waals surface area (Å²) >= 11 is 0.627. The van der Waals surface area contributed by atoms with Crippen LogP contribution in [0.15, 0.2) is 11.4 Å². The molecule has 0 aromatic carbocycles. The molecule has 1 rings (SSSR count). The van der Waals surface area contributed by atoms with E-state index in [-0.39, 0.29) is 0 Å². The molecule has 0 saturated heterocycles. The van der Waals surface area contributed by atoms with E-state index in [1.165, 1.54) is 5.38 Å². The molecule has 1 heterocycles. The normalized spacial score (nSPS) is 13.0. The third-order valence-electron chi connectivity index (χ3n) is 2.09. The second-order valence-electron chi connectivity index (χ2n) is 3.68. The predicted molar refractivity (Wildman–Crippen MR) is 60.5 cm³/mol. The van der Waals surface area contributed by atoms with Crippen molar-refractivity contribution in [1.29, 1.82) is 0 Å². The maximum atomic E-state index is 12.2. The van der Waals surface area contributed by atoms with Gasteiger partial charge in [-0.3, -0.25) is 4.79 Å². The molecule has 1 atom stereocenters. The standard InChI is InChI=1S/C10H8F5NO4S/c11-9(12)20-5-1-2-21-6(5)7(17)16-4(8(18)19)3-10(13,14)15/h1-2,4,9H,3H2,(H,16,17)(H,18,19). The Hall–Kier alpha value is -1.91. The van der Waals surface area contributed by atoms with Gasteiger partial charge in [-0.2, -0.15) is 22.0 Å². The third-order valence-corrected chi connectivity index (χ3v) is 2.98. The number of carboxylic acids is 1. The summed E-state index contributed by atoms with van der Waals surface area (Å²) in [5.74, 6) is -3.67. The number of hydrogen-bond donors (Lipinski definition) is 2. The highest BCUT2D eigenvalue weighted by atomic mass is 32.1. The van der Waals surface area contributed by atoms with Crippen molar-refractivity contribution in [1.82, 2.24) is 5.32 Å². The van der Waals surface area contributed by atoms with Crippen molar-refractivity contribution in [3.63, 3.8) is 0 Å². The lowest BCUT2D eigenvalue weighted by molar-refractivity contribution is -0.157. The molecule has 0 saturated carbocycles. The topological polar surface area (TPSA) is 75.6 Å². The van der Waals surface area contributed by atoms with Crippen LogP contribution in [-0.4, -0.2) is 35.8 Å². The molecule has 0 spiro atoms. The minimum absolute atomic E-state index is 0.441. The van der Waals surface area contributed by atoms with Gasteiger partial charge in [0.2, 0.25) is 0 Å². The number of halogens is 5. The molecular weight excluding hydrogens is 325 g/mol. The molecule has 2 N–H and O–H groups in total. The predicted octanol–water partition coefficient (Wildman–Crippen LogP) is 2.48. The fraction of sp³-hybridized carbons (Fsp3) is 0.400. The van der Waals surface area contributed by atoms with E-state index in [1.54, 1.807) is 5.32 Å². The quantitative estimate of drug-likeness (QED) is 0.784. The van der Waals surface area contributed by atoms with Crippen LogP contribution in [0.2, 0.25) is 0 Å². The van der Waals surface area contributed by atoms with Gasteiger partial charge < -0.3 is 15.2 Å². The van der Waals surface area contributed by atoms with Gasteiger partial charge in [-0.1, -0.05) is 0 Å². The van der Waals surface area contributed by atoms with Crippen molar-refractivity contribution in [2.45, 2.75) is 25.3 Å². The van der Waals surface area contributed by atoms with Gasteiger partial charge in [-0.25, -0.2) is 4.79 Å². The Morgan fingerprint density at radius 1 is 1.38 bits per heavy atom. The number of carboxylic acid groups (broad SMARTS) is 1. The van der Waals surface area contributed by atoms with E-state index < -0.39 is 47.8 Å². The van der Waals surface area contributed by atoms with E-state index in [1.807, 2.05) is 0 Å². The van der Waals surface area contributed by atoms with Crippen molar-refractivity contribution in [2.75, 3.05) is 0 Å². The molecule has 1 unspecified atom stereocenters. The highest BCUT2D eigenvalue weighted by Gasteiger charge is 2.36. The molecule has 11 heteroatoms. The van der Waals surface area contributed by atoms with Crippen LogP contribution in [0.4, 0.5) is 22.0 Å². The number of aliphatic carboxylic acids is 1. The lowest BCUT2D eigenvalue weighted by Crippen LogP contribution is -2.43. The lowest BCUT2D eigenvalue weighted by Gasteiger charge is -2.16. The van der Waals surface area contributed by atoms with Gasteiger partial charge >= 0.3 is 18.8 Å². The molecule has 1 aromatic heterocycles. The SMILES string of the molecule is O=C(NC(CC(F)(F)F)C(=O)O)c1sccc1OC(F)F. The van der Waals surface area contributed by atoms with Crippen LogP contribution in [-0.2, 0) is 4.79 Å². The van der Waals surface area contributed by atoms with Crippen molar-refractivity contribution in [2.24, 2.45) is 0 Å². The number of alkyl halides is 5. The molecule has 0 bridgehead atoms. The molecule has 1 amide bonds. The Labute approximate surface area is 118 Å². The minimum Gasteiger partial charge on any atom is -0.480 e. The fourth-order valence-electron chi connectivity index (χ4n) is 1.31. The molecule has 0 aliphatic heterocycles. The molecule has 0 radical (unpaired) electrons. The van der Waals surface area contributed by atoms with E-state index in [0.717, 1.165) is 6.07 Å². The Balaban J connectivity index is 2.83. The number of carbonyl (C=O) groups is 2. The summed E-state index contributed by atoms with van der Waals surface area (Å²) in [6.45, 7) is -3.23. The third kappa shape index (κ3) is 5.53. The van der Waals surface area contributed by atoms with E-state index in [9.17, 15) is 31.5 Å². The highest BCUT2D eigenvalue weighted by molar-refractivity contribution is 7.12. The van der Waals surface area contributed by atoms with E-state index in [4.69, 9.17) is 5.11 Å². The van der Waals surface area contributed by atoms with Crippen LogP contribution in [0.3, 0.4) is 0 Å². The Morgan fingerprint density at radius 2 is 2.00 bits per heavy atom. The Kier molecular flexibility index (Phi) is 5.47. The van der Waals surface area contributed by atoms with Gasteiger partial charge in [0.1, 0.15) is 16.7 Å². The number of carbonyl (C=O) groups excluding carboxylic acids is 1. The van der Waals surface area contributed by atoms with Gasteiger partial charge in [0.05, 0.1) is 6.42 Å². The van der Waals surface area contributed by atoms with E-state index >= 15 is 0 Å². The Morgan fingerprint density at radius 3 is 2.48 bits per heavy atom. The van der Waals surface area contributed by atoms with E-state index in [2.05, 4.69) is 4.74 Å². The first kappa shape index (κ1) is 17.1. The summed E-state index contributed by atoms with van der Waals surface area (Å²) in [6, 6.07) is -1.20. The molecule has 1 aromatic rings. The first-order valence-electron chi connectivity index (χ1n) is 5.23. The molecule has 5 nitrogen and oxygen atoms in total. The summed E-state index contributed by atoms with van der Waals surface area (Å²) in [4.78, 5) is 21.9. The first-order valence-corrected chi connectivity index (χ1v) is 6.11. The monoisotopic (exact) mass is 333 g/mol. The van der Waals surface area contributed by atoms with Crippen LogP contribution >= 0.6 is 11.3 Å². The molecular formula is C10H8F5NO4S. The number of ether oxygens (including phenoxy) is 1. The molecule has 0 aliphatic rings.